The monoisotopic (exact) mass is 334 g/mol. The van der Waals surface area contributed by atoms with Crippen LogP contribution in [0.25, 0.3) is 0 Å². The van der Waals surface area contributed by atoms with E-state index in [4.69, 9.17) is 4.74 Å². The van der Waals surface area contributed by atoms with Crippen molar-refractivity contribution in [3.05, 3.63) is 0 Å². The van der Waals surface area contributed by atoms with E-state index in [1.165, 1.54) is 0 Å². The zero-order chi connectivity index (χ0) is 17.1. The standard InChI is InChI=1S/C20H30O4/c1-19-8-7-13(24-11-21)9-12(19)3-4-14-15-5-6-17(23)20(15,2)10-16(22)18(14)19/h11-16,18,22H,3-10H2,1-2H3/t12?,13?,14-,15-,16?,18+,19-,20-/m0/s1. The molecule has 0 aromatic carbocycles. The summed E-state index contributed by atoms with van der Waals surface area (Å²) in [7, 11) is 0. The summed E-state index contributed by atoms with van der Waals surface area (Å²) in [5.41, 5.74) is -0.167. The number of carbonyl (C=O) groups excluding carboxylic acids is 2. The van der Waals surface area contributed by atoms with Crippen molar-refractivity contribution in [2.45, 2.75) is 77.4 Å². The molecule has 0 spiro atoms. The van der Waals surface area contributed by atoms with Gasteiger partial charge in [-0.2, -0.15) is 0 Å². The van der Waals surface area contributed by atoms with Gasteiger partial charge in [-0.3, -0.25) is 9.59 Å². The van der Waals surface area contributed by atoms with Gasteiger partial charge in [0.1, 0.15) is 11.9 Å². The van der Waals surface area contributed by atoms with Crippen molar-refractivity contribution in [1.29, 1.82) is 0 Å². The molecule has 1 N–H and O–H groups in total. The van der Waals surface area contributed by atoms with Crippen LogP contribution in [-0.2, 0) is 14.3 Å². The minimum Gasteiger partial charge on any atom is -0.465 e. The molecule has 8 atom stereocenters. The Kier molecular flexibility index (Phi) is 3.83. The smallest absolute Gasteiger partial charge is 0.293 e. The Morgan fingerprint density at radius 2 is 2.00 bits per heavy atom. The Hall–Kier alpha value is -0.900. The van der Waals surface area contributed by atoms with Crippen LogP contribution in [0.3, 0.4) is 0 Å². The highest BCUT2D eigenvalue weighted by atomic mass is 16.5. The number of fused-ring (bicyclic) bond motifs is 5. The van der Waals surface area contributed by atoms with Crippen LogP contribution in [0.1, 0.15) is 65.2 Å². The summed E-state index contributed by atoms with van der Waals surface area (Å²) >= 11 is 0. The van der Waals surface area contributed by atoms with Gasteiger partial charge in [-0.05, 0) is 74.0 Å². The normalized spacial score (nSPS) is 53.7. The van der Waals surface area contributed by atoms with Gasteiger partial charge >= 0.3 is 0 Å². The summed E-state index contributed by atoms with van der Waals surface area (Å²) < 4.78 is 5.25. The van der Waals surface area contributed by atoms with Gasteiger partial charge in [-0.15, -0.1) is 0 Å². The van der Waals surface area contributed by atoms with E-state index >= 15 is 0 Å². The molecule has 4 heteroatoms. The Bertz CT molecular complexity index is 546. The average Bonchev–Trinajstić information content (AvgIpc) is 2.82. The highest BCUT2D eigenvalue weighted by Crippen LogP contribution is 2.65. The number of rotatable bonds is 2. The SMILES string of the molecule is C[C@]12CCC(OC=O)CC1CC[C@@H]1[C@@H]2C(O)C[C@]2(C)C(=O)CC[C@@H]12. The van der Waals surface area contributed by atoms with Crippen LogP contribution in [0.2, 0.25) is 0 Å². The molecule has 4 aliphatic carbocycles. The Labute approximate surface area is 144 Å². The fraction of sp³-hybridized carbons (Fsp3) is 0.900. The molecule has 0 aliphatic heterocycles. The van der Waals surface area contributed by atoms with E-state index < -0.39 is 0 Å². The Morgan fingerprint density at radius 1 is 1.21 bits per heavy atom. The van der Waals surface area contributed by atoms with Gasteiger partial charge in [0, 0.05) is 11.8 Å². The quantitative estimate of drug-likeness (QED) is 0.788. The highest BCUT2D eigenvalue weighted by Gasteiger charge is 2.63. The zero-order valence-corrected chi connectivity index (χ0v) is 14.9. The molecule has 0 aromatic heterocycles. The molecule has 4 rings (SSSR count). The fourth-order valence-electron chi connectivity index (χ4n) is 7.32. The van der Waals surface area contributed by atoms with Crippen LogP contribution in [-0.4, -0.2) is 29.6 Å². The largest absolute Gasteiger partial charge is 0.465 e. The molecule has 24 heavy (non-hydrogen) atoms. The first kappa shape index (κ1) is 16.6. The molecule has 3 unspecified atom stereocenters. The second-order valence-corrected chi connectivity index (χ2v) is 9.36. The lowest BCUT2D eigenvalue weighted by molar-refractivity contribution is -0.179. The molecule has 4 saturated carbocycles. The number of carbonyl (C=O) groups is 2. The number of aliphatic hydroxyl groups excluding tert-OH is 1. The third-order valence-electron chi connectivity index (χ3n) is 8.51. The van der Waals surface area contributed by atoms with Gasteiger partial charge < -0.3 is 9.84 Å². The lowest BCUT2D eigenvalue weighted by Gasteiger charge is -2.61. The van der Waals surface area contributed by atoms with Crippen LogP contribution in [0.4, 0.5) is 0 Å². The van der Waals surface area contributed by atoms with Crippen molar-refractivity contribution in [1.82, 2.24) is 0 Å². The van der Waals surface area contributed by atoms with Gasteiger partial charge in [0.15, 0.2) is 0 Å². The first-order valence-electron chi connectivity index (χ1n) is 9.70. The predicted octanol–water partition coefficient (Wildman–Crippen LogP) is 3.11. The molecule has 4 fully saturated rings. The molecular formula is C20H30O4. The van der Waals surface area contributed by atoms with E-state index in [1.54, 1.807) is 0 Å². The second kappa shape index (κ2) is 5.55. The fourth-order valence-corrected chi connectivity index (χ4v) is 7.32. The van der Waals surface area contributed by atoms with Gasteiger partial charge in [0.05, 0.1) is 6.10 Å². The number of ketones is 1. The molecule has 0 radical (unpaired) electrons. The first-order valence-corrected chi connectivity index (χ1v) is 9.70. The number of aliphatic hydroxyl groups is 1. The molecule has 0 bridgehead atoms. The Morgan fingerprint density at radius 3 is 2.75 bits per heavy atom. The maximum Gasteiger partial charge on any atom is 0.293 e. The molecule has 4 aliphatic rings. The lowest BCUT2D eigenvalue weighted by Crippen LogP contribution is -2.59. The summed E-state index contributed by atoms with van der Waals surface area (Å²) in [6.07, 6.45) is 7.17. The van der Waals surface area contributed by atoms with Crippen LogP contribution in [0, 0.1) is 34.5 Å². The molecule has 0 amide bonds. The minimum absolute atomic E-state index is 0.0520. The topological polar surface area (TPSA) is 63.6 Å². The lowest BCUT2D eigenvalue weighted by atomic mass is 9.44. The summed E-state index contributed by atoms with van der Waals surface area (Å²) in [6, 6.07) is 0. The van der Waals surface area contributed by atoms with Gasteiger partial charge in [-0.1, -0.05) is 13.8 Å². The molecular weight excluding hydrogens is 304 g/mol. The zero-order valence-electron chi connectivity index (χ0n) is 14.9. The molecule has 134 valence electrons. The predicted molar refractivity (Wildman–Crippen MR) is 89.1 cm³/mol. The molecule has 0 saturated heterocycles. The van der Waals surface area contributed by atoms with Gasteiger partial charge in [0.2, 0.25) is 0 Å². The highest BCUT2D eigenvalue weighted by molar-refractivity contribution is 5.87. The van der Waals surface area contributed by atoms with Crippen LogP contribution >= 0.6 is 0 Å². The van der Waals surface area contributed by atoms with E-state index in [0.717, 1.165) is 38.5 Å². The Balaban J connectivity index is 1.62. The van der Waals surface area contributed by atoms with E-state index in [0.29, 0.717) is 48.8 Å². The van der Waals surface area contributed by atoms with Gasteiger partial charge in [0.25, 0.3) is 6.47 Å². The summed E-state index contributed by atoms with van der Waals surface area (Å²) in [4.78, 5) is 23.2. The van der Waals surface area contributed by atoms with Crippen molar-refractivity contribution >= 4 is 12.3 Å². The first-order chi connectivity index (χ1) is 11.4. The number of Topliss-reactive ketones (excluding diaryl/α,β-unsaturated/α-hetero) is 1. The van der Waals surface area contributed by atoms with Crippen LogP contribution in [0.15, 0.2) is 0 Å². The van der Waals surface area contributed by atoms with E-state index in [-0.39, 0.29) is 23.0 Å². The van der Waals surface area contributed by atoms with E-state index in [1.807, 2.05) is 0 Å². The van der Waals surface area contributed by atoms with Crippen molar-refractivity contribution in [3.8, 4) is 0 Å². The number of hydrogen-bond acceptors (Lipinski definition) is 4. The van der Waals surface area contributed by atoms with Crippen LogP contribution < -0.4 is 0 Å². The summed E-state index contributed by atoms with van der Waals surface area (Å²) in [5.74, 6) is 2.14. The van der Waals surface area contributed by atoms with Crippen molar-refractivity contribution in [2.24, 2.45) is 34.5 Å². The third kappa shape index (κ3) is 2.14. The number of ether oxygens (including phenoxy) is 1. The van der Waals surface area contributed by atoms with Crippen molar-refractivity contribution in [2.75, 3.05) is 0 Å². The third-order valence-corrected chi connectivity index (χ3v) is 8.51. The molecule has 4 nitrogen and oxygen atoms in total. The average molecular weight is 334 g/mol. The minimum atomic E-state index is -0.366. The van der Waals surface area contributed by atoms with E-state index in [2.05, 4.69) is 13.8 Å². The molecule has 0 heterocycles. The maximum atomic E-state index is 12.5. The summed E-state index contributed by atoms with van der Waals surface area (Å²) in [5, 5.41) is 11.1. The van der Waals surface area contributed by atoms with E-state index in [9.17, 15) is 14.7 Å². The second-order valence-electron chi connectivity index (χ2n) is 9.36. The van der Waals surface area contributed by atoms with Crippen molar-refractivity contribution in [3.63, 3.8) is 0 Å². The molecule has 0 aromatic rings. The van der Waals surface area contributed by atoms with Crippen LogP contribution in [0.5, 0.6) is 0 Å². The van der Waals surface area contributed by atoms with Gasteiger partial charge in [-0.25, -0.2) is 0 Å². The summed E-state index contributed by atoms with van der Waals surface area (Å²) in [6.45, 7) is 5.05. The van der Waals surface area contributed by atoms with Crippen molar-refractivity contribution < 1.29 is 19.4 Å². The maximum absolute atomic E-state index is 12.5. The number of hydrogen-bond donors (Lipinski definition) is 1.